The summed E-state index contributed by atoms with van der Waals surface area (Å²) in [6, 6.07) is 1.94. The number of fused-ring (bicyclic) bond motifs is 1. The monoisotopic (exact) mass is 298 g/mol. The summed E-state index contributed by atoms with van der Waals surface area (Å²) in [4.78, 5) is 17.0. The molecule has 3 heterocycles. The normalized spacial score (nSPS) is 11.1. The van der Waals surface area contributed by atoms with Gasteiger partial charge in [0.05, 0.1) is 11.9 Å². The summed E-state index contributed by atoms with van der Waals surface area (Å²) in [5.41, 5.74) is 5.51. The average Bonchev–Trinajstić information content (AvgIpc) is 2.99. The maximum absolute atomic E-state index is 12.5. The average molecular weight is 298 g/mol. The van der Waals surface area contributed by atoms with Gasteiger partial charge in [0.25, 0.3) is 5.91 Å². The predicted octanol–water partition coefficient (Wildman–Crippen LogP) is 1.62. The second-order valence-corrected chi connectivity index (χ2v) is 5.44. The minimum Gasteiger partial charge on any atom is -0.348 e. The first-order valence-electron chi connectivity index (χ1n) is 7.08. The van der Waals surface area contributed by atoms with Crippen molar-refractivity contribution in [1.82, 2.24) is 30.1 Å². The quantitative estimate of drug-likeness (QED) is 0.769. The van der Waals surface area contributed by atoms with Crippen molar-refractivity contribution in [2.75, 3.05) is 0 Å². The van der Waals surface area contributed by atoms with E-state index in [0.29, 0.717) is 23.4 Å². The molecule has 2 N–H and O–H groups in total. The molecule has 3 aromatic rings. The highest BCUT2D eigenvalue weighted by Crippen LogP contribution is 2.16. The number of nitrogens with zero attached hydrogens (tertiary/aromatic N) is 4. The van der Waals surface area contributed by atoms with Crippen molar-refractivity contribution in [2.45, 2.75) is 34.2 Å². The smallest absolute Gasteiger partial charge is 0.257 e. The third-order valence-electron chi connectivity index (χ3n) is 3.67. The molecule has 3 rings (SSSR count). The van der Waals surface area contributed by atoms with Gasteiger partial charge in [0.2, 0.25) is 0 Å². The van der Waals surface area contributed by atoms with Gasteiger partial charge in [-0.2, -0.15) is 10.2 Å². The number of rotatable bonds is 3. The van der Waals surface area contributed by atoms with Crippen molar-refractivity contribution >= 4 is 11.6 Å². The Kier molecular flexibility index (Phi) is 3.40. The lowest BCUT2D eigenvalue weighted by molar-refractivity contribution is 0.0951. The van der Waals surface area contributed by atoms with Gasteiger partial charge in [0.15, 0.2) is 5.65 Å². The minimum atomic E-state index is -0.175. The van der Waals surface area contributed by atoms with E-state index in [-0.39, 0.29) is 5.91 Å². The molecule has 0 aliphatic heterocycles. The molecule has 0 radical (unpaired) electrons. The standard InChI is InChI=1S/C15H18N6O/c1-8-5-9(2)21-14(18-8)13(11(4)20-21)15(22)16-6-12-7-17-19-10(12)3/h5,7H,6H2,1-4H3,(H,16,22)(H,17,19). The molecule has 22 heavy (non-hydrogen) atoms. The van der Waals surface area contributed by atoms with Crippen LogP contribution in [0.3, 0.4) is 0 Å². The molecule has 0 atom stereocenters. The van der Waals surface area contributed by atoms with Crippen LogP contribution in [0.4, 0.5) is 0 Å². The van der Waals surface area contributed by atoms with Gasteiger partial charge in [0.1, 0.15) is 5.56 Å². The Hall–Kier alpha value is -2.70. The van der Waals surface area contributed by atoms with Gasteiger partial charge in [0, 0.05) is 29.2 Å². The summed E-state index contributed by atoms with van der Waals surface area (Å²) in [7, 11) is 0. The number of aromatic amines is 1. The predicted molar refractivity (Wildman–Crippen MR) is 81.7 cm³/mol. The molecule has 0 spiro atoms. The second kappa shape index (κ2) is 5.25. The Morgan fingerprint density at radius 2 is 2.09 bits per heavy atom. The lowest BCUT2D eigenvalue weighted by Crippen LogP contribution is -2.23. The largest absolute Gasteiger partial charge is 0.348 e. The number of aryl methyl sites for hydroxylation is 4. The number of carbonyl (C=O) groups excluding carboxylic acids is 1. The van der Waals surface area contributed by atoms with E-state index < -0.39 is 0 Å². The third-order valence-corrected chi connectivity index (χ3v) is 3.67. The highest BCUT2D eigenvalue weighted by Gasteiger charge is 2.19. The fourth-order valence-electron chi connectivity index (χ4n) is 2.51. The summed E-state index contributed by atoms with van der Waals surface area (Å²) in [5, 5.41) is 14.1. The first-order chi connectivity index (χ1) is 10.5. The van der Waals surface area contributed by atoms with Gasteiger partial charge in [-0.25, -0.2) is 9.50 Å². The van der Waals surface area contributed by atoms with E-state index >= 15 is 0 Å². The van der Waals surface area contributed by atoms with Gasteiger partial charge in [-0.05, 0) is 33.8 Å². The van der Waals surface area contributed by atoms with E-state index in [1.54, 1.807) is 10.7 Å². The van der Waals surface area contributed by atoms with Crippen molar-refractivity contribution in [1.29, 1.82) is 0 Å². The van der Waals surface area contributed by atoms with Crippen molar-refractivity contribution in [3.05, 3.63) is 46.2 Å². The second-order valence-electron chi connectivity index (χ2n) is 5.44. The molecule has 0 bridgehead atoms. The van der Waals surface area contributed by atoms with E-state index in [2.05, 4.69) is 25.6 Å². The molecule has 0 aliphatic rings. The Bertz CT molecular complexity index is 860. The number of H-pyrrole nitrogens is 1. The van der Waals surface area contributed by atoms with Crippen LogP contribution in [-0.2, 0) is 6.54 Å². The van der Waals surface area contributed by atoms with E-state index in [9.17, 15) is 4.79 Å². The van der Waals surface area contributed by atoms with Crippen LogP contribution in [0.15, 0.2) is 12.3 Å². The Morgan fingerprint density at radius 3 is 2.77 bits per heavy atom. The molecular formula is C15H18N6O. The number of carbonyl (C=O) groups is 1. The van der Waals surface area contributed by atoms with Crippen molar-refractivity contribution in [3.8, 4) is 0 Å². The van der Waals surface area contributed by atoms with Gasteiger partial charge in [-0.3, -0.25) is 9.89 Å². The molecule has 0 unspecified atom stereocenters. The molecule has 3 aromatic heterocycles. The summed E-state index contributed by atoms with van der Waals surface area (Å²) >= 11 is 0. The maximum Gasteiger partial charge on any atom is 0.257 e. The van der Waals surface area contributed by atoms with E-state index in [1.165, 1.54) is 0 Å². The van der Waals surface area contributed by atoms with Crippen LogP contribution < -0.4 is 5.32 Å². The lowest BCUT2D eigenvalue weighted by atomic mass is 10.2. The van der Waals surface area contributed by atoms with Crippen molar-refractivity contribution in [2.24, 2.45) is 0 Å². The summed E-state index contributed by atoms with van der Waals surface area (Å²) in [6.45, 7) is 8.02. The summed E-state index contributed by atoms with van der Waals surface area (Å²) < 4.78 is 1.71. The molecule has 0 saturated heterocycles. The van der Waals surface area contributed by atoms with Gasteiger partial charge in [-0.15, -0.1) is 0 Å². The fourth-order valence-corrected chi connectivity index (χ4v) is 2.51. The highest BCUT2D eigenvalue weighted by molar-refractivity contribution is 6.01. The van der Waals surface area contributed by atoms with Crippen LogP contribution in [0.1, 0.15) is 38.7 Å². The molecule has 0 saturated carbocycles. The van der Waals surface area contributed by atoms with Crippen LogP contribution in [0, 0.1) is 27.7 Å². The number of nitrogens with one attached hydrogen (secondary N) is 2. The van der Waals surface area contributed by atoms with Crippen LogP contribution in [0.25, 0.3) is 5.65 Å². The molecule has 0 aliphatic carbocycles. The molecule has 1 amide bonds. The SMILES string of the molecule is Cc1cc(C)n2nc(C)c(C(=O)NCc3cn[nH]c3C)c2n1. The maximum atomic E-state index is 12.5. The molecule has 7 heteroatoms. The van der Waals surface area contributed by atoms with E-state index in [1.807, 2.05) is 33.8 Å². The van der Waals surface area contributed by atoms with Crippen LogP contribution in [0.5, 0.6) is 0 Å². The third kappa shape index (κ3) is 2.34. The van der Waals surface area contributed by atoms with Crippen LogP contribution in [0.2, 0.25) is 0 Å². The number of amides is 1. The molecule has 114 valence electrons. The minimum absolute atomic E-state index is 0.175. The zero-order valence-electron chi connectivity index (χ0n) is 13.1. The van der Waals surface area contributed by atoms with Crippen LogP contribution >= 0.6 is 0 Å². The zero-order chi connectivity index (χ0) is 15.9. The first kappa shape index (κ1) is 14.2. The first-order valence-corrected chi connectivity index (χ1v) is 7.08. The van der Waals surface area contributed by atoms with Gasteiger partial charge < -0.3 is 5.32 Å². The topological polar surface area (TPSA) is 88.0 Å². The summed E-state index contributed by atoms with van der Waals surface area (Å²) in [5.74, 6) is -0.175. The molecule has 0 fully saturated rings. The van der Waals surface area contributed by atoms with E-state index in [0.717, 1.165) is 22.6 Å². The van der Waals surface area contributed by atoms with Crippen LogP contribution in [-0.4, -0.2) is 30.7 Å². The van der Waals surface area contributed by atoms with Crippen molar-refractivity contribution in [3.63, 3.8) is 0 Å². The van der Waals surface area contributed by atoms with Gasteiger partial charge >= 0.3 is 0 Å². The molecule has 0 aromatic carbocycles. The Labute approximate surface area is 127 Å². The number of aromatic nitrogens is 5. The summed E-state index contributed by atoms with van der Waals surface area (Å²) in [6.07, 6.45) is 1.71. The molecule has 7 nitrogen and oxygen atoms in total. The Morgan fingerprint density at radius 1 is 1.32 bits per heavy atom. The van der Waals surface area contributed by atoms with Gasteiger partial charge in [-0.1, -0.05) is 0 Å². The van der Waals surface area contributed by atoms with Crippen molar-refractivity contribution < 1.29 is 4.79 Å². The molecular weight excluding hydrogens is 280 g/mol. The zero-order valence-corrected chi connectivity index (χ0v) is 13.1. The highest BCUT2D eigenvalue weighted by atomic mass is 16.1. The Balaban J connectivity index is 1.94. The number of hydrogen-bond acceptors (Lipinski definition) is 4. The number of hydrogen-bond donors (Lipinski definition) is 2. The fraction of sp³-hybridized carbons (Fsp3) is 0.333. The van der Waals surface area contributed by atoms with E-state index in [4.69, 9.17) is 0 Å². The lowest BCUT2D eigenvalue weighted by Gasteiger charge is -2.05.